The summed E-state index contributed by atoms with van der Waals surface area (Å²) in [5.41, 5.74) is -0.416. The van der Waals surface area contributed by atoms with Crippen LogP contribution in [-0.4, -0.2) is 18.2 Å². The molecular weight excluding hydrogens is 569 g/mol. The van der Waals surface area contributed by atoms with Gasteiger partial charge in [-0.25, -0.2) is 21.9 Å². The molecule has 0 bridgehead atoms. The van der Waals surface area contributed by atoms with E-state index in [4.69, 9.17) is 0 Å². The van der Waals surface area contributed by atoms with E-state index >= 15 is 0 Å². The minimum absolute atomic E-state index is 0.102. The molecule has 1 aliphatic carbocycles. The summed E-state index contributed by atoms with van der Waals surface area (Å²) in [4.78, 5) is -0.320. The van der Waals surface area contributed by atoms with Gasteiger partial charge >= 0.3 is 6.18 Å². The van der Waals surface area contributed by atoms with Crippen LogP contribution in [-0.2, 0) is 21.7 Å². The predicted molar refractivity (Wildman–Crippen MR) is 128 cm³/mol. The van der Waals surface area contributed by atoms with Gasteiger partial charge in [-0.2, -0.15) is 18.3 Å². The first-order valence-electron chi connectivity index (χ1n) is 11.0. The molecule has 1 aromatic heterocycles. The van der Waals surface area contributed by atoms with Gasteiger partial charge in [-0.15, -0.1) is 0 Å². The molecule has 0 aliphatic heterocycles. The van der Waals surface area contributed by atoms with Crippen LogP contribution in [0.3, 0.4) is 0 Å². The zero-order valence-corrected chi connectivity index (χ0v) is 21.9. The van der Waals surface area contributed by atoms with Crippen molar-refractivity contribution in [2.45, 2.75) is 56.3 Å². The molecule has 1 heterocycles. The average Bonchev–Trinajstić information content (AvgIpc) is 3.51. The minimum atomic E-state index is -4.60. The standard InChI is InChI=1S/C24H23BrF5N3O2S/c1-23(2,3)33-22(16-10-19(26)20(27)11-18(16)25)17(12-31-33)21(13-4-5-13)32-36(34,35)15-8-6-14(7-9-15)24(28,29)30/h6-13,21,32H,4-5H2,1-3H3. The van der Waals surface area contributed by atoms with Gasteiger partial charge in [-0.05, 0) is 91.9 Å². The van der Waals surface area contributed by atoms with Crippen molar-refractivity contribution in [1.82, 2.24) is 14.5 Å². The lowest BCUT2D eigenvalue weighted by atomic mass is 9.98. The normalized spacial score (nSPS) is 15.8. The van der Waals surface area contributed by atoms with Gasteiger partial charge in [0.15, 0.2) is 11.6 Å². The highest BCUT2D eigenvalue weighted by molar-refractivity contribution is 9.10. The van der Waals surface area contributed by atoms with Crippen molar-refractivity contribution in [2.75, 3.05) is 0 Å². The zero-order chi connectivity index (χ0) is 26.6. The molecule has 1 N–H and O–H groups in total. The molecule has 0 spiro atoms. The van der Waals surface area contributed by atoms with E-state index in [1.54, 1.807) is 4.68 Å². The van der Waals surface area contributed by atoms with Gasteiger partial charge in [0.05, 0.1) is 33.9 Å². The first kappa shape index (κ1) is 26.7. The van der Waals surface area contributed by atoms with Gasteiger partial charge in [0.1, 0.15) is 0 Å². The van der Waals surface area contributed by atoms with Crippen LogP contribution in [0.4, 0.5) is 22.0 Å². The Hall–Kier alpha value is -2.31. The maximum Gasteiger partial charge on any atom is 0.416 e. The highest BCUT2D eigenvalue weighted by atomic mass is 79.9. The Bertz CT molecular complexity index is 1390. The second kappa shape index (κ2) is 9.21. The zero-order valence-electron chi connectivity index (χ0n) is 19.5. The maximum absolute atomic E-state index is 14.3. The van der Waals surface area contributed by atoms with Crippen LogP contribution in [0.2, 0.25) is 0 Å². The minimum Gasteiger partial charge on any atom is -0.259 e. The number of alkyl halides is 3. The molecule has 12 heteroatoms. The van der Waals surface area contributed by atoms with Gasteiger partial charge in [-0.1, -0.05) is 0 Å². The van der Waals surface area contributed by atoms with Crippen molar-refractivity contribution in [3.8, 4) is 11.3 Å². The SMILES string of the molecule is CC(C)(C)n1ncc(C(NS(=O)(=O)c2ccc(C(F)(F)F)cc2)C2CC2)c1-c1cc(F)c(F)cc1Br. The summed E-state index contributed by atoms with van der Waals surface area (Å²) >= 11 is 3.28. The molecule has 194 valence electrons. The molecule has 1 saturated carbocycles. The number of benzene rings is 2. The van der Waals surface area contributed by atoms with E-state index in [9.17, 15) is 30.4 Å². The smallest absolute Gasteiger partial charge is 0.259 e. The summed E-state index contributed by atoms with van der Waals surface area (Å²) in [5.74, 6) is -2.22. The Kier molecular flexibility index (Phi) is 6.85. The molecule has 1 atom stereocenters. The van der Waals surface area contributed by atoms with Crippen molar-refractivity contribution in [2.24, 2.45) is 5.92 Å². The fourth-order valence-corrected chi connectivity index (χ4v) is 5.76. The van der Waals surface area contributed by atoms with E-state index in [0.29, 0.717) is 36.2 Å². The third-order valence-electron chi connectivity index (χ3n) is 5.90. The third-order valence-corrected chi connectivity index (χ3v) is 8.01. The lowest BCUT2D eigenvalue weighted by Gasteiger charge is -2.26. The monoisotopic (exact) mass is 591 g/mol. The molecule has 0 amide bonds. The molecular formula is C24H23BrF5N3O2S. The summed E-state index contributed by atoms with van der Waals surface area (Å²) in [6, 6.07) is 4.46. The van der Waals surface area contributed by atoms with Crippen LogP contribution in [0.25, 0.3) is 11.3 Å². The lowest BCUT2D eigenvalue weighted by Crippen LogP contribution is -2.31. The molecule has 1 unspecified atom stereocenters. The first-order valence-corrected chi connectivity index (χ1v) is 13.3. The number of hydrogen-bond acceptors (Lipinski definition) is 3. The molecule has 2 aromatic carbocycles. The number of hydrogen-bond donors (Lipinski definition) is 1. The van der Waals surface area contributed by atoms with Crippen LogP contribution in [0.15, 0.2) is 52.0 Å². The topological polar surface area (TPSA) is 64.0 Å². The third kappa shape index (κ3) is 5.35. The molecule has 3 aromatic rings. The van der Waals surface area contributed by atoms with Gasteiger partial charge in [0.25, 0.3) is 0 Å². The second-order valence-corrected chi connectivity index (χ2v) is 12.3. The van der Waals surface area contributed by atoms with Crippen molar-refractivity contribution in [3.63, 3.8) is 0 Å². The number of aromatic nitrogens is 2. The van der Waals surface area contributed by atoms with E-state index in [1.165, 1.54) is 6.20 Å². The summed E-state index contributed by atoms with van der Waals surface area (Å²) in [6.45, 7) is 5.58. The van der Waals surface area contributed by atoms with Gasteiger partial charge in [0.2, 0.25) is 10.0 Å². The quantitative estimate of drug-likeness (QED) is 0.253. The van der Waals surface area contributed by atoms with Crippen LogP contribution in [0, 0.1) is 17.6 Å². The van der Waals surface area contributed by atoms with Crippen LogP contribution in [0.5, 0.6) is 0 Å². The molecule has 0 radical (unpaired) electrons. The Morgan fingerprint density at radius 3 is 2.17 bits per heavy atom. The lowest BCUT2D eigenvalue weighted by molar-refractivity contribution is -0.137. The predicted octanol–water partition coefficient (Wildman–Crippen LogP) is 6.79. The van der Waals surface area contributed by atoms with E-state index < -0.39 is 45.0 Å². The van der Waals surface area contributed by atoms with E-state index in [0.717, 1.165) is 24.3 Å². The molecule has 36 heavy (non-hydrogen) atoms. The Morgan fingerprint density at radius 2 is 1.64 bits per heavy atom. The Morgan fingerprint density at radius 1 is 1.06 bits per heavy atom. The second-order valence-electron chi connectivity index (χ2n) is 9.74. The van der Waals surface area contributed by atoms with Gasteiger partial charge in [-0.3, -0.25) is 4.68 Å². The van der Waals surface area contributed by atoms with E-state index in [-0.39, 0.29) is 20.8 Å². The summed E-state index contributed by atoms with van der Waals surface area (Å²) in [6.07, 6.45) is -1.69. The Labute approximate surface area is 213 Å². The number of rotatable bonds is 6. The molecule has 5 nitrogen and oxygen atoms in total. The first-order chi connectivity index (χ1) is 16.6. The largest absolute Gasteiger partial charge is 0.416 e. The van der Waals surface area contributed by atoms with Crippen LogP contribution < -0.4 is 4.72 Å². The van der Waals surface area contributed by atoms with E-state index in [2.05, 4.69) is 25.8 Å². The number of sulfonamides is 1. The van der Waals surface area contributed by atoms with Crippen LogP contribution >= 0.6 is 15.9 Å². The van der Waals surface area contributed by atoms with Gasteiger partial charge in [0, 0.05) is 15.6 Å². The fraction of sp³-hybridized carbons (Fsp3) is 0.375. The summed E-state index contributed by atoms with van der Waals surface area (Å²) in [5, 5.41) is 4.45. The van der Waals surface area contributed by atoms with Crippen LogP contribution in [0.1, 0.15) is 50.8 Å². The highest BCUT2D eigenvalue weighted by Gasteiger charge is 2.39. The summed E-state index contributed by atoms with van der Waals surface area (Å²) in [7, 11) is -4.23. The van der Waals surface area contributed by atoms with Crippen molar-refractivity contribution in [3.05, 3.63) is 69.8 Å². The molecule has 4 rings (SSSR count). The van der Waals surface area contributed by atoms with Crippen molar-refractivity contribution < 1.29 is 30.4 Å². The molecule has 1 fully saturated rings. The van der Waals surface area contributed by atoms with Gasteiger partial charge < -0.3 is 0 Å². The Balaban J connectivity index is 1.81. The van der Waals surface area contributed by atoms with Crippen molar-refractivity contribution >= 4 is 26.0 Å². The molecule has 0 saturated heterocycles. The van der Waals surface area contributed by atoms with E-state index in [1.807, 2.05) is 20.8 Å². The number of nitrogens with zero attached hydrogens (tertiary/aromatic N) is 2. The average molecular weight is 592 g/mol. The molecule has 1 aliphatic rings. The number of halogens is 6. The summed E-state index contributed by atoms with van der Waals surface area (Å²) < 4.78 is 97.8. The van der Waals surface area contributed by atoms with Crippen molar-refractivity contribution in [1.29, 1.82) is 0 Å². The fourth-order valence-electron chi connectivity index (χ4n) is 3.97. The highest BCUT2D eigenvalue weighted by Crippen LogP contribution is 2.46. The maximum atomic E-state index is 14.3. The number of nitrogens with one attached hydrogen (secondary N) is 1.